The quantitative estimate of drug-likeness (QED) is 0.910. The minimum atomic E-state index is 0.0221. The molecule has 0 radical (unpaired) electrons. The lowest BCUT2D eigenvalue weighted by Gasteiger charge is -1.97. The van der Waals surface area contributed by atoms with Gasteiger partial charge >= 0.3 is 0 Å². The summed E-state index contributed by atoms with van der Waals surface area (Å²) in [5.74, 6) is 0. The number of aromatic nitrogens is 2. The van der Waals surface area contributed by atoms with Gasteiger partial charge < -0.3 is 5.32 Å². The Morgan fingerprint density at radius 3 is 2.94 bits per heavy atom. The average molecular weight is 302 g/mol. The zero-order valence-corrected chi connectivity index (χ0v) is 11.4. The number of aryl methyl sites for hydroxylation is 1. The molecule has 0 fully saturated rings. The maximum atomic E-state index is 11.8. The van der Waals surface area contributed by atoms with E-state index >= 15 is 0 Å². The van der Waals surface area contributed by atoms with Crippen LogP contribution < -0.4 is 10.9 Å². The molecule has 0 aliphatic carbocycles. The third-order valence-electron chi connectivity index (χ3n) is 2.31. The summed E-state index contributed by atoms with van der Waals surface area (Å²) in [4.78, 5) is 12.9. The van der Waals surface area contributed by atoms with Gasteiger partial charge in [0.05, 0.1) is 16.1 Å². The molecule has 0 atom stereocenters. The van der Waals surface area contributed by atoms with Crippen molar-refractivity contribution in [3.8, 4) is 10.6 Å². The fourth-order valence-electron chi connectivity index (χ4n) is 1.58. The lowest BCUT2D eigenvalue weighted by Crippen LogP contribution is -2.19. The molecule has 0 saturated carbocycles. The van der Waals surface area contributed by atoms with E-state index in [1.165, 1.54) is 4.68 Å². The van der Waals surface area contributed by atoms with Crippen molar-refractivity contribution in [1.29, 1.82) is 0 Å². The van der Waals surface area contributed by atoms with E-state index in [2.05, 4.69) is 26.3 Å². The normalized spacial score (nSPS) is 10.9. The molecule has 0 unspecified atom stereocenters. The lowest BCUT2D eigenvalue weighted by atomic mass is 10.2. The number of nitrogens with one attached hydrogen (secondary N) is 2. The highest BCUT2D eigenvalue weighted by molar-refractivity contribution is 9.10. The maximum Gasteiger partial charge on any atom is 0.271 e. The fourth-order valence-corrected chi connectivity index (χ4v) is 3.03. The van der Waals surface area contributed by atoms with Gasteiger partial charge in [0, 0.05) is 23.4 Å². The minimum Gasteiger partial charge on any atom is -0.315 e. The SMILES string of the molecule is CNCc1c(-c2cc(Br)cs2)[nH]n(C)c1=O. The summed E-state index contributed by atoms with van der Waals surface area (Å²) >= 11 is 5.02. The van der Waals surface area contributed by atoms with E-state index in [0.29, 0.717) is 6.54 Å². The van der Waals surface area contributed by atoms with Crippen LogP contribution in [0, 0.1) is 0 Å². The molecule has 0 aromatic carbocycles. The molecule has 2 aromatic heterocycles. The lowest BCUT2D eigenvalue weighted by molar-refractivity contribution is 0.734. The van der Waals surface area contributed by atoms with Gasteiger partial charge in [0.25, 0.3) is 5.56 Å². The first-order chi connectivity index (χ1) is 7.63. The average Bonchev–Trinajstić information content (AvgIpc) is 2.78. The molecule has 0 bridgehead atoms. The van der Waals surface area contributed by atoms with Crippen molar-refractivity contribution in [2.45, 2.75) is 6.54 Å². The van der Waals surface area contributed by atoms with Crippen LogP contribution in [0.3, 0.4) is 0 Å². The van der Waals surface area contributed by atoms with E-state index in [4.69, 9.17) is 0 Å². The Labute approximate surface area is 105 Å². The zero-order chi connectivity index (χ0) is 11.7. The van der Waals surface area contributed by atoms with Crippen LogP contribution in [0.5, 0.6) is 0 Å². The summed E-state index contributed by atoms with van der Waals surface area (Å²) in [6.45, 7) is 0.570. The summed E-state index contributed by atoms with van der Waals surface area (Å²) in [7, 11) is 3.56. The van der Waals surface area contributed by atoms with Crippen molar-refractivity contribution in [3.05, 3.63) is 31.8 Å². The molecule has 0 saturated heterocycles. The molecule has 0 spiro atoms. The third kappa shape index (κ3) is 2.00. The van der Waals surface area contributed by atoms with Gasteiger partial charge in [-0.05, 0) is 29.0 Å². The monoisotopic (exact) mass is 301 g/mol. The van der Waals surface area contributed by atoms with Crippen LogP contribution in [0.4, 0.5) is 0 Å². The van der Waals surface area contributed by atoms with Gasteiger partial charge in [0.1, 0.15) is 0 Å². The smallest absolute Gasteiger partial charge is 0.271 e. The molecule has 4 nitrogen and oxygen atoms in total. The van der Waals surface area contributed by atoms with E-state index < -0.39 is 0 Å². The maximum absolute atomic E-state index is 11.8. The molecule has 2 N–H and O–H groups in total. The Morgan fingerprint density at radius 2 is 2.38 bits per heavy atom. The first-order valence-corrected chi connectivity index (χ1v) is 6.47. The topological polar surface area (TPSA) is 49.8 Å². The van der Waals surface area contributed by atoms with Gasteiger partial charge in [0.2, 0.25) is 0 Å². The Kier molecular flexibility index (Phi) is 3.32. The molecular formula is C10H12BrN3OS. The molecule has 16 heavy (non-hydrogen) atoms. The second kappa shape index (κ2) is 4.57. The van der Waals surface area contributed by atoms with Crippen molar-refractivity contribution >= 4 is 27.3 Å². The second-order valence-corrected chi connectivity index (χ2v) is 5.32. The van der Waals surface area contributed by atoms with Crippen LogP contribution in [0.2, 0.25) is 0 Å². The van der Waals surface area contributed by atoms with Crippen molar-refractivity contribution in [2.24, 2.45) is 7.05 Å². The zero-order valence-electron chi connectivity index (χ0n) is 9.00. The molecule has 86 valence electrons. The predicted octanol–water partition coefficient (Wildman–Crippen LogP) is 1.92. The van der Waals surface area contributed by atoms with Crippen LogP contribution in [-0.2, 0) is 13.6 Å². The standard InChI is InChI=1S/C10H12BrN3OS/c1-12-4-7-9(13-14(2)10(7)15)8-3-6(11)5-16-8/h3,5,12-13H,4H2,1-2H3. The molecule has 2 heterocycles. The van der Waals surface area contributed by atoms with Crippen LogP contribution in [0.1, 0.15) is 5.56 Å². The van der Waals surface area contributed by atoms with Crippen molar-refractivity contribution < 1.29 is 0 Å². The highest BCUT2D eigenvalue weighted by Gasteiger charge is 2.14. The van der Waals surface area contributed by atoms with Gasteiger partial charge in [-0.2, -0.15) is 0 Å². The fraction of sp³-hybridized carbons (Fsp3) is 0.300. The van der Waals surface area contributed by atoms with Gasteiger partial charge in [-0.15, -0.1) is 11.3 Å². The Hall–Kier alpha value is -0.850. The van der Waals surface area contributed by atoms with Crippen molar-refractivity contribution in [3.63, 3.8) is 0 Å². The Bertz CT molecular complexity index is 555. The van der Waals surface area contributed by atoms with Crippen LogP contribution in [0.15, 0.2) is 20.7 Å². The van der Waals surface area contributed by atoms with E-state index in [1.54, 1.807) is 18.4 Å². The number of rotatable bonds is 3. The van der Waals surface area contributed by atoms with E-state index in [-0.39, 0.29) is 5.56 Å². The summed E-state index contributed by atoms with van der Waals surface area (Å²) < 4.78 is 2.54. The molecule has 0 aliphatic rings. The highest BCUT2D eigenvalue weighted by Crippen LogP contribution is 2.29. The number of halogens is 1. The third-order valence-corrected chi connectivity index (χ3v) is 4.02. The molecule has 6 heteroatoms. The summed E-state index contributed by atoms with van der Waals surface area (Å²) in [5, 5.41) is 8.10. The van der Waals surface area contributed by atoms with Crippen molar-refractivity contribution in [2.75, 3.05) is 7.05 Å². The number of thiophene rings is 1. The summed E-state index contributed by atoms with van der Waals surface area (Å²) in [6, 6.07) is 2.01. The molecule has 2 rings (SSSR count). The van der Waals surface area contributed by atoms with Crippen LogP contribution in [0.25, 0.3) is 10.6 Å². The Morgan fingerprint density at radius 1 is 1.62 bits per heavy atom. The number of aromatic amines is 1. The van der Waals surface area contributed by atoms with Crippen molar-refractivity contribution in [1.82, 2.24) is 15.1 Å². The van der Waals surface area contributed by atoms with Gasteiger partial charge in [0.15, 0.2) is 0 Å². The Balaban J connectivity index is 2.56. The molecule has 2 aromatic rings. The first-order valence-electron chi connectivity index (χ1n) is 4.80. The van der Waals surface area contributed by atoms with Crippen LogP contribution >= 0.6 is 27.3 Å². The number of nitrogens with zero attached hydrogens (tertiary/aromatic N) is 1. The number of hydrogen-bond donors (Lipinski definition) is 2. The predicted molar refractivity (Wildman–Crippen MR) is 69.8 cm³/mol. The molecule has 0 amide bonds. The minimum absolute atomic E-state index is 0.0221. The van der Waals surface area contributed by atoms with Crippen LogP contribution in [-0.4, -0.2) is 16.8 Å². The number of H-pyrrole nitrogens is 1. The highest BCUT2D eigenvalue weighted by atomic mass is 79.9. The largest absolute Gasteiger partial charge is 0.315 e. The van der Waals surface area contributed by atoms with E-state index in [9.17, 15) is 4.79 Å². The first kappa shape index (κ1) is 11.6. The summed E-state index contributed by atoms with van der Waals surface area (Å²) in [6.07, 6.45) is 0. The second-order valence-electron chi connectivity index (χ2n) is 3.49. The van der Waals surface area contributed by atoms with Gasteiger partial charge in [-0.25, -0.2) is 0 Å². The summed E-state index contributed by atoms with van der Waals surface area (Å²) in [5.41, 5.74) is 1.70. The molecular weight excluding hydrogens is 290 g/mol. The van der Waals surface area contributed by atoms with E-state index in [1.807, 2.05) is 18.5 Å². The van der Waals surface area contributed by atoms with Gasteiger partial charge in [-0.3, -0.25) is 14.6 Å². The molecule has 0 aliphatic heterocycles. The van der Waals surface area contributed by atoms with Gasteiger partial charge in [-0.1, -0.05) is 0 Å². The number of hydrogen-bond acceptors (Lipinski definition) is 3. The van der Waals surface area contributed by atoms with E-state index in [0.717, 1.165) is 20.6 Å².